The van der Waals surface area contributed by atoms with Crippen molar-refractivity contribution in [3.63, 3.8) is 0 Å². The number of halogens is 4. The van der Waals surface area contributed by atoms with Gasteiger partial charge in [-0.15, -0.1) is 13.2 Å². The average Bonchev–Trinajstić information content (AvgIpc) is 2.46. The lowest BCUT2D eigenvalue weighted by molar-refractivity contribution is -0.275. The number of benzene rings is 1. The highest BCUT2D eigenvalue weighted by molar-refractivity contribution is 5.31. The van der Waals surface area contributed by atoms with Crippen LogP contribution in [0.4, 0.5) is 17.6 Å². The van der Waals surface area contributed by atoms with E-state index in [0.717, 1.165) is 44.7 Å². The van der Waals surface area contributed by atoms with Crippen LogP contribution in [0.15, 0.2) is 18.2 Å². The van der Waals surface area contributed by atoms with E-state index in [0.29, 0.717) is 11.5 Å². The molecule has 1 aliphatic rings. The van der Waals surface area contributed by atoms with E-state index < -0.39 is 17.9 Å². The molecule has 1 atom stereocenters. The highest BCUT2D eigenvalue weighted by atomic mass is 19.4. The molecule has 3 nitrogen and oxygen atoms in total. The maximum Gasteiger partial charge on any atom is 0.573 e. The van der Waals surface area contributed by atoms with Gasteiger partial charge in [0.25, 0.3) is 0 Å². The molecule has 1 aromatic carbocycles. The third kappa shape index (κ3) is 5.35. The summed E-state index contributed by atoms with van der Waals surface area (Å²) in [4.78, 5) is 2.25. The zero-order valence-electron chi connectivity index (χ0n) is 13.3. The Morgan fingerprint density at radius 2 is 1.87 bits per heavy atom. The van der Waals surface area contributed by atoms with E-state index in [9.17, 15) is 17.6 Å². The number of nitrogens with zero attached hydrogens (tertiary/aromatic N) is 1. The molecular weight excluding hydrogens is 312 g/mol. The number of ether oxygens (including phenoxy) is 1. The summed E-state index contributed by atoms with van der Waals surface area (Å²) in [7, 11) is 0. The number of piperazine rings is 1. The molecule has 0 saturated carbocycles. The number of hydrogen-bond donors (Lipinski definition) is 1. The molecule has 1 N–H and O–H groups in total. The summed E-state index contributed by atoms with van der Waals surface area (Å²) < 4.78 is 54.4. The lowest BCUT2D eigenvalue weighted by atomic mass is 9.95. The Morgan fingerprint density at radius 3 is 2.39 bits per heavy atom. The highest BCUT2D eigenvalue weighted by Gasteiger charge is 2.33. The molecule has 7 heteroatoms. The van der Waals surface area contributed by atoms with E-state index in [2.05, 4.69) is 28.8 Å². The zero-order valence-corrected chi connectivity index (χ0v) is 13.3. The number of rotatable bonds is 5. The second-order valence-electron chi connectivity index (χ2n) is 6.17. The largest absolute Gasteiger partial charge is 0.573 e. The first-order valence-corrected chi connectivity index (χ1v) is 7.76. The third-order valence-electron chi connectivity index (χ3n) is 3.85. The fraction of sp³-hybridized carbons (Fsp3) is 0.625. The van der Waals surface area contributed by atoms with Gasteiger partial charge in [-0.3, -0.25) is 4.90 Å². The Labute approximate surface area is 133 Å². The van der Waals surface area contributed by atoms with Crippen LogP contribution in [0, 0.1) is 11.7 Å². The van der Waals surface area contributed by atoms with Gasteiger partial charge in [-0.25, -0.2) is 4.39 Å². The van der Waals surface area contributed by atoms with Gasteiger partial charge in [0.05, 0.1) is 0 Å². The molecule has 2 rings (SSSR count). The van der Waals surface area contributed by atoms with Crippen LogP contribution in [-0.2, 0) is 0 Å². The lowest BCUT2D eigenvalue weighted by Crippen LogP contribution is -2.45. The molecule has 1 aromatic rings. The minimum Gasteiger partial charge on any atom is -0.403 e. The summed E-state index contributed by atoms with van der Waals surface area (Å²) >= 11 is 0. The fourth-order valence-electron chi connectivity index (χ4n) is 2.87. The number of nitrogens with one attached hydrogen (secondary N) is 1. The Bertz CT molecular complexity index is 513. The van der Waals surface area contributed by atoms with Gasteiger partial charge in [0.15, 0.2) is 11.6 Å². The normalized spacial score (nSPS) is 18.2. The molecule has 0 aliphatic carbocycles. The number of hydrogen-bond acceptors (Lipinski definition) is 3. The number of alkyl halides is 3. The molecule has 0 spiro atoms. The van der Waals surface area contributed by atoms with Crippen LogP contribution < -0.4 is 10.1 Å². The SMILES string of the molecule is CC(C)C[C@H](c1ccc(OC(F)(F)F)c(F)c1)N1CCNCC1. The molecule has 130 valence electrons. The van der Waals surface area contributed by atoms with Gasteiger partial charge in [0.2, 0.25) is 0 Å². The van der Waals surface area contributed by atoms with Gasteiger partial charge < -0.3 is 10.1 Å². The molecule has 0 bridgehead atoms. The van der Waals surface area contributed by atoms with Crippen molar-refractivity contribution in [1.29, 1.82) is 0 Å². The van der Waals surface area contributed by atoms with Gasteiger partial charge in [-0.2, -0.15) is 0 Å². The smallest absolute Gasteiger partial charge is 0.403 e. The minimum absolute atomic E-state index is 0.00784. The molecule has 1 saturated heterocycles. The van der Waals surface area contributed by atoms with Gasteiger partial charge in [-0.05, 0) is 30.0 Å². The summed E-state index contributed by atoms with van der Waals surface area (Å²) in [6.45, 7) is 7.53. The van der Waals surface area contributed by atoms with E-state index in [4.69, 9.17) is 0 Å². The van der Waals surface area contributed by atoms with Crippen molar-refractivity contribution in [2.24, 2.45) is 5.92 Å². The van der Waals surface area contributed by atoms with Crippen molar-refractivity contribution < 1.29 is 22.3 Å². The van der Waals surface area contributed by atoms with Gasteiger partial charge >= 0.3 is 6.36 Å². The second kappa shape index (κ2) is 7.49. The zero-order chi connectivity index (χ0) is 17.0. The van der Waals surface area contributed by atoms with Crippen molar-refractivity contribution in [1.82, 2.24) is 10.2 Å². The standard InChI is InChI=1S/C16H22F4N2O/c1-11(2)9-14(22-7-5-21-6-8-22)12-3-4-15(13(17)10-12)23-16(18,19)20/h3-4,10-11,14,21H,5-9H2,1-2H3/t14-/m1/s1. The van der Waals surface area contributed by atoms with Crippen LogP contribution in [-0.4, -0.2) is 37.4 Å². The second-order valence-corrected chi connectivity index (χ2v) is 6.17. The molecular formula is C16H22F4N2O. The van der Waals surface area contributed by atoms with Crippen LogP contribution in [0.2, 0.25) is 0 Å². The Morgan fingerprint density at radius 1 is 1.22 bits per heavy atom. The average molecular weight is 334 g/mol. The molecule has 0 amide bonds. The molecule has 0 aromatic heterocycles. The maximum atomic E-state index is 14.0. The monoisotopic (exact) mass is 334 g/mol. The van der Waals surface area contributed by atoms with Crippen LogP contribution in [0.5, 0.6) is 5.75 Å². The van der Waals surface area contributed by atoms with Crippen LogP contribution >= 0.6 is 0 Å². The van der Waals surface area contributed by atoms with Crippen molar-refractivity contribution in [3.05, 3.63) is 29.6 Å². The first kappa shape index (κ1) is 18.0. The van der Waals surface area contributed by atoms with E-state index in [1.54, 1.807) is 0 Å². The van der Waals surface area contributed by atoms with Crippen LogP contribution in [0.1, 0.15) is 31.9 Å². The molecule has 1 heterocycles. The van der Waals surface area contributed by atoms with Crippen LogP contribution in [0.3, 0.4) is 0 Å². The van der Waals surface area contributed by atoms with E-state index in [1.165, 1.54) is 6.07 Å². The molecule has 1 fully saturated rings. The summed E-state index contributed by atoms with van der Waals surface area (Å²) in [5.74, 6) is -1.38. The van der Waals surface area contributed by atoms with Gasteiger partial charge in [-0.1, -0.05) is 19.9 Å². The van der Waals surface area contributed by atoms with Gasteiger partial charge in [0, 0.05) is 32.2 Å². The van der Waals surface area contributed by atoms with Crippen molar-refractivity contribution in [2.45, 2.75) is 32.7 Å². The molecule has 0 unspecified atom stereocenters. The summed E-state index contributed by atoms with van der Waals surface area (Å²) in [6, 6.07) is 3.75. The lowest BCUT2D eigenvalue weighted by Gasteiger charge is -2.36. The Balaban J connectivity index is 2.22. The van der Waals surface area contributed by atoms with E-state index in [1.807, 2.05) is 0 Å². The first-order valence-electron chi connectivity index (χ1n) is 7.76. The quantitative estimate of drug-likeness (QED) is 0.831. The summed E-state index contributed by atoms with van der Waals surface area (Å²) in [5.41, 5.74) is 0.688. The third-order valence-corrected chi connectivity index (χ3v) is 3.85. The van der Waals surface area contributed by atoms with E-state index >= 15 is 0 Å². The van der Waals surface area contributed by atoms with Crippen molar-refractivity contribution in [3.8, 4) is 5.75 Å². The maximum absolute atomic E-state index is 14.0. The van der Waals surface area contributed by atoms with Gasteiger partial charge in [0.1, 0.15) is 0 Å². The van der Waals surface area contributed by atoms with Crippen LogP contribution in [0.25, 0.3) is 0 Å². The summed E-state index contributed by atoms with van der Waals surface area (Å²) in [5, 5.41) is 3.26. The predicted molar refractivity (Wildman–Crippen MR) is 79.7 cm³/mol. The van der Waals surface area contributed by atoms with Crippen molar-refractivity contribution in [2.75, 3.05) is 26.2 Å². The Kier molecular flexibility index (Phi) is 5.86. The predicted octanol–water partition coefficient (Wildman–Crippen LogP) is 3.72. The molecule has 23 heavy (non-hydrogen) atoms. The highest BCUT2D eigenvalue weighted by Crippen LogP contribution is 2.32. The summed E-state index contributed by atoms with van der Waals surface area (Å²) in [6.07, 6.45) is -4.07. The Hall–Kier alpha value is -1.34. The molecule has 1 aliphatic heterocycles. The van der Waals surface area contributed by atoms with Crippen molar-refractivity contribution >= 4 is 0 Å². The molecule has 0 radical (unpaired) electrons. The van der Waals surface area contributed by atoms with E-state index in [-0.39, 0.29) is 6.04 Å². The first-order chi connectivity index (χ1) is 10.8. The topological polar surface area (TPSA) is 24.5 Å². The fourth-order valence-corrected chi connectivity index (χ4v) is 2.87. The minimum atomic E-state index is -4.89.